The normalized spacial score (nSPS) is 10.9. The lowest BCUT2D eigenvalue weighted by Crippen LogP contribution is -2.24. The second-order valence-corrected chi connectivity index (χ2v) is 6.22. The van der Waals surface area contributed by atoms with E-state index in [1.165, 1.54) is 0 Å². The van der Waals surface area contributed by atoms with Crippen LogP contribution < -0.4 is 15.9 Å². The largest absolute Gasteiger partial charge is 0.489 e. The monoisotopic (exact) mass is 441 g/mol. The lowest BCUT2D eigenvalue weighted by Gasteiger charge is -2.14. The molecule has 0 radical (unpaired) electrons. The van der Waals surface area contributed by atoms with Crippen molar-refractivity contribution in [3.63, 3.8) is 0 Å². The van der Waals surface area contributed by atoms with E-state index in [1.807, 2.05) is 26.0 Å². The highest BCUT2D eigenvalue weighted by Gasteiger charge is 2.10. The Labute approximate surface area is 134 Å². The second kappa shape index (κ2) is 7.25. The van der Waals surface area contributed by atoms with Crippen molar-refractivity contribution in [1.82, 2.24) is 5.43 Å². The Morgan fingerprint density at radius 2 is 2.28 bits per heavy atom. The minimum absolute atomic E-state index is 0.0929. The van der Waals surface area contributed by atoms with E-state index in [4.69, 9.17) is 10.5 Å². The zero-order valence-corrected chi connectivity index (χ0v) is 14.5. The van der Waals surface area contributed by atoms with E-state index in [0.29, 0.717) is 0 Å². The molecule has 0 saturated heterocycles. The van der Waals surface area contributed by atoms with Crippen LogP contribution in [0.4, 0.5) is 0 Å². The average molecular weight is 442 g/mol. The van der Waals surface area contributed by atoms with Crippen LogP contribution in [0.5, 0.6) is 5.75 Å². The first-order valence-corrected chi connectivity index (χ1v) is 7.42. The van der Waals surface area contributed by atoms with Crippen molar-refractivity contribution >= 4 is 62.1 Å². The van der Waals surface area contributed by atoms with Gasteiger partial charge in [0, 0.05) is 10.0 Å². The number of nitrogens with one attached hydrogen (secondary N) is 1. The number of halogens is 2. The lowest BCUT2D eigenvalue weighted by atomic mass is 10.2. The molecule has 0 fully saturated rings. The van der Waals surface area contributed by atoms with Gasteiger partial charge in [0.05, 0.1) is 15.9 Å². The van der Waals surface area contributed by atoms with Gasteiger partial charge in [0.25, 0.3) is 0 Å². The third kappa shape index (κ3) is 5.07. The summed E-state index contributed by atoms with van der Waals surface area (Å²) in [6.45, 7) is 3.96. The SMILES string of the molecule is CC(C)Oc1c(I)cc(Br)cc1/C=N/NC(N)=S. The van der Waals surface area contributed by atoms with Gasteiger partial charge in [-0.05, 0) is 60.8 Å². The number of hydrogen-bond donors (Lipinski definition) is 2. The van der Waals surface area contributed by atoms with Crippen LogP contribution in [0.25, 0.3) is 0 Å². The van der Waals surface area contributed by atoms with Crippen molar-refractivity contribution in [2.24, 2.45) is 10.8 Å². The number of rotatable bonds is 4. The molecule has 0 aliphatic rings. The molecule has 3 N–H and O–H groups in total. The van der Waals surface area contributed by atoms with E-state index in [0.717, 1.165) is 19.4 Å². The van der Waals surface area contributed by atoms with Crippen LogP contribution in [0, 0.1) is 3.57 Å². The summed E-state index contributed by atoms with van der Waals surface area (Å²) >= 11 is 10.3. The van der Waals surface area contributed by atoms with Gasteiger partial charge in [-0.1, -0.05) is 15.9 Å². The molecular formula is C11H13BrIN3OS. The zero-order valence-electron chi connectivity index (χ0n) is 9.91. The van der Waals surface area contributed by atoms with Gasteiger partial charge in [-0.25, -0.2) is 0 Å². The summed E-state index contributed by atoms with van der Waals surface area (Å²) in [5.74, 6) is 0.794. The summed E-state index contributed by atoms with van der Waals surface area (Å²) in [7, 11) is 0. The highest BCUT2D eigenvalue weighted by molar-refractivity contribution is 14.1. The molecule has 1 aromatic rings. The Bertz CT molecular complexity index is 480. The number of nitrogens with two attached hydrogens (primary N) is 1. The average Bonchev–Trinajstić information content (AvgIpc) is 2.22. The van der Waals surface area contributed by atoms with E-state index in [9.17, 15) is 0 Å². The van der Waals surface area contributed by atoms with Crippen molar-refractivity contribution in [2.75, 3.05) is 0 Å². The van der Waals surface area contributed by atoms with Crippen LogP contribution in [-0.4, -0.2) is 17.4 Å². The molecule has 0 saturated carbocycles. The lowest BCUT2D eigenvalue weighted by molar-refractivity contribution is 0.240. The highest BCUT2D eigenvalue weighted by atomic mass is 127. The quantitative estimate of drug-likeness (QED) is 0.326. The second-order valence-electron chi connectivity index (χ2n) is 3.71. The van der Waals surface area contributed by atoms with Crippen molar-refractivity contribution in [2.45, 2.75) is 20.0 Å². The summed E-state index contributed by atoms with van der Waals surface area (Å²) < 4.78 is 7.74. The first-order valence-electron chi connectivity index (χ1n) is 5.14. The topological polar surface area (TPSA) is 59.6 Å². The summed E-state index contributed by atoms with van der Waals surface area (Å²) in [5, 5.41) is 4.07. The van der Waals surface area contributed by atoms with Crippen LogP contribution in [0.3, 0.4) is 0 Å². The fourth-order valence-corrected chi connectivity index (χ4v) is 2.93. The molecule has 1 rings (SSSR count). The Balaban J connectivity index is 3.06. The van der Waals surface area contributed by atoms with Crippen LogP contribution in [-0.2, 0) is 0 Å². The summed E-state index contributed by atoms with van der Waals surface area (Å²) in [6, 6.07) is 3.90. The Hall–Kier alpha value is -0.410. The van der Waals surface area contributed by atoms with E-state index >= 15 is 0 Å². The molecule has 0 unspecified atom stereocenters. The number of nitrogens with zero attached hydrogens (tertiary/aromatic N) is 1. The van der Waals surface area contributed by atoms with Gasteiger partial charge in [-0.15, -0.1) is 0 Å². The van der Waals surface area contributed by atoms with E-state index in [1.54, 1.807) is 6.21 Å². The van der Waals surface area contributed by atoms with Crippen molar-refractivity contribution in [3.05, 3.63) is 25.7 Å². The first-order chi connectivity index (χ1) is 8.40. The molecule has 0 aromatic heterocycles. The number of ether oxygens (including phenoxy) is 1. The first kappa shape index (κ1) is 15.6. The smallest absolute Gasteiger partial charge is 0.184 e. The van der Waals surface area contributed by atoms with Crippen LogP contribution >= 0.6 is 50.7 Å². The maximum Gasteiger partial charge on any atom is 0.184 e. The minimum atomic E-state index is 0.0929. The molecule has 98 valence electrons. The Kier molecular flexibility index (Phi) is 6.30. The molecule has 4 nitrogen and oxygen atoms in total. The molecular weight excluding hydrogens is 429 g/mol. The standard InChI is InChI=1S/C11H13BrIN3OS/c1-6(2)17-10-7(5-15-16-11(14)18)3-8(12)4-9(10)13/h3-6H,1-2H3,(H3,14,16,18)/b15-5+. The number of hydrazone groups is 1. The summed E-state index contributed by atoms with van der Waals surface area (Å²) in [6.07, 6.45) is 1.72. The summed E-state index contributed by atoms with van der Waals surface area (Å²) in [4.78, 5) is 0. The van der Waals surface area contributed by atoms with Crippen LogP contribution in [0.1, 0.15) is 19.4 Å². The van der Waals surface area contributed by atoms with Crippen molar-refractivity contribution in [1.29, 1.82) is 0 Å². The zero-order chi connectivity index (χ0) is 13.7. The number of thiocarbonyl (C=S) groups is 1. The predicted octanol–water partition coefficient (Wildman–Crippen LogP) is 3.01. The fourth-order valence-electron chi connectivity index (χ4n) is 1.20. The van der Waals surface area contributed by atoms with Gasteiger partial charge in [0.2, 0.25) is 0 Å². The molecule has 0 spiro atoms. The van der Waals surface area contributed by atoms with E-state index in [2.05, 4.69) is 61.3 Å². The van der Waals surface area contributed by atoms with Gasteiger partial charge in [0.15, 0.2) is 5.11 Å². The maximum atomic E-state index is 5.78. The van der Waals surface area contributed by atoms with Crippen LogP contribution in [0.15, 0.2) is 21.7 Å². The van der Waals surface area contributed by atoms with Crippen molar-refractivity contribution in [3.8, 4) is 5.75 Å². The number of benzene rings is 1. The maximum absolute atomic E-state index is 5.78. The minimum Gasteiger partial charge on any atom is -0.489 e. The Morgan fingerprint density at radius 1 is 1.61 bits per heavy atom. The van der Waals surface area contributed by atoms with Gasteiger partial charge >= 0.3 is 0 Å². The number of hydrogen-bond acceptors (Lipinski definition) is 3. The van der Waals surface area contributed by atoms with E-state index < -0.39 is 0 Å². The third-order valence-electron chi connectivity index (χ3n) is 1.77. The predicted molar refractivity (Wildman–Crippen MR) is 90.1 cm³/mol. The molecule has 0 heterocycles. The summed E-state index contributed by atoms with van der Waals surface area (Å²) in [5.41, 5.74) is 8.67. The molecule has 18 heavy (non-hydrogen) atoms. The molecule has 0 bridgehead atoms. The fraction of sp³-hybridized carbons (Fsp3) is 0.273. The molecule has 0 aliphatic carbocycles. The van der Waals surface area contributed by atoms with Gasteiger partial charge < -0.3 is 10.5 Å². The molecule has 0 amide bonds. The van der Waals surface area contributed by atoms with Gasteiger partial charge in [-0.3, -0.25) is 5.43 Å². The molecule has 1 aromatic carbocycles. The van der Waals surface area contributed by atoms with Gasteiger partial charge in [0.1, 0.15) is 5.75 Å². The van der Waals surface area contributed by atoms with Gasteiger partial charge in [-0.2, -0.15) is 5.10 Å². The van der Waals surface area contributed by atoms with Crippen LogP contribution in [0.2, 0.25) is 0 Å². The van der Waals surface area contributed by atoms with E-state index in [-0.39, 0.29) is 11.2 Å². The molecule has 0 aliphatic heterocycles. The highest BCUT2D eigenvalue weighted by Crippen LogP contribution is 2.29. The molecule has 0 atom stereocenters. The third-order valence-corrected chi connectivity index (χ3v) is 3.12. The molecule has 7 heteroatoms. The Morgan fingerprint density at radius 3 is 2.83 bits per heavy atom. The van der Waals surface area contributed by atoms with Crippen molar-refractivity contribution < 1.29 is 4.74 Å².